The van der Waals surface area contributed by atoms with Crippen LogP contribution in [0, 0.1) is 0 Å². The molecule has 2 aromatic carbocycles. The monoisotopic (exact) mass is 492 g/mol. The lowest BCUT2D eigenvalue weighted by atomic mass is 10.0. The van der Waals surface area contributed by atoms with Crippen molar-refractivity contribution in [2.45, 2.75) is 50.3 Å². The molecule has 0 saturated carbocycles. The van der Waals surface area contributed by atoms with Gasteiger partial charge in [-0.05, 0) is 37.1 Å². The molecule has 3 heterocycles. The Kier molecular flexibility index (Phi) is 7.29. The van der Waals surface area contributed by atoms with E-state index in [-0.39, 0.29) is 30.0 Å². The molecular formula is C27H32N4O3S. The first-order chi connectivity index (χ1) is 17.1. The Morgan fingerprint density at radius 1 is 1.09 bits per heavy atom. The molecular weight excluding hydrogens is 460 g/mol. The zero-order valence-electron chi connectivity index (χ0n) is 20.1. The van der Waals surface area contributed by atoms with Gasteiger partial charge in [0, 0.05) is 52.0 Å². The van der Waals surface area contributed by atoms with Crippen LogP contribution in [-0.4, -0.2) is 71.5 Å². The van der Waals surface area contributed by atoms with E-state index >= 15 is 0 Å². The number of rotatable bonds is 7. The number of likely N-dealkylation sites (tertiary alicyclic amines) is 2. The maximum Gasteiger partial charge on any atom is 0.237 e. The maximum absolute atomic E-state index is 12.9. The third kappa shape index (κ3) is 5.49. The molecule has 0 bridgehead atoms. The van der Waals surface area contributed by atoms with E-state index in [9.17, 15) is 9.59 Å². The number of nitrogens with zero attached hydrogens (tertiary/aromatic N) is 3. The van der Waals surface area contributed by atoms with Crippen LogP contribution in [0.4, 0.5) is 0 Å². The summed E-state index contributed by atoms with van der Waals surface area (Å²) in [5, 5.41) is 3.84. The van der Waals surface area contributed by atoms with Crippen LogP contribution in [0.2, 0.25) is 0 Å². The largest absolute Gasteiger partial charge is 0.489 e. The van der Waals surface area contributed by atoms with E-state index in [0.717, 1.165) is 48.7 Å². The first kappa shape index (κ1) is 23.8. The fourth-order valence-electron chi connectivity index (χ4n) is 5.27. The number of para-hydroxylation sites is 2. The van der Waals surface area contributed by atoms with Gasteiger partial charge in [0.05, 0.1) is 21.3 Å². The van der Waals surface area contributed by atoms with Crippen molar-refractivity contribution in [3.05, 3.63) is 59.6 Å². The van der Waals surface area contributed by atoms with Gasteiger partial charge in [0.1, 0.15) is 11.9 Å². The molecule has 0 spiro atoms. The molecule has 0 aliphatic carbocycles. The van der Waals surface area contributed by atoms with Crippen molar-refractivity contribution in [1.82, 2.24) is 20.1 Å². The topological polar surface area (TPSA) is 74.8 Å². The van der Waals surface area contributed by atoms with E-state index in [0.29, 0.717) is 19.3 Å². The number of fused-ring (bicyclic) bond motifs is 1. The van der Waals surface area contributed by atoms with Crippen molar-refractivity contribution in [1.29, 1.82) is 0 Å². The van der Waals surface area contributed by atoms with Crippen LogP contribution in [0.3, 0.4) is 0 Å². The van der Waals surface area contributed by atoms with Crippen molar-refractivity contribution in [2.75, 3.05) is 26.7 Å². The summed E-state index contributed by atoms with van der Waals surface area (Å²) < 4.78 is 7.35. The highest BCUT2D eigenvalue weighted by Gasteiger charge is 2.42. The summed E-state index contributed by atoms with van der Waals surface area (Å²) in [5.41, 5.74) is 1.01. The standard InChI is InChI=1S/C27H32N4O3S/c1-28-27(33)23-17-21(34-20-7-3-2-4-8-20)18-31(23)19-13-15-30(16-14-19)26(32)12-11-25-29-22-9-5-6-10-24(22)35-25/h2-10,19,21,23H,11-18H2,1H3,(H,28,33)/t21-,23-/m0/s1. The van der Waals surface area contributed by atoms with Crippen LogP contribution in [-0.2, 0) is 16.0 Å². The SMILES string of the molecule is CNC(=O)[C@@H]1C[C@H](Oc2ccccc2)CN1C1CCN(C(=O)CCc2nc3ccccc3s2)CC1. The Bertz CT molecular complexity index is 1130. The zero-order chi connectivity index (χ0) is 24.2. The van der Waals surface area contributed by atoms with Crippen molar-refractivity contribution in [3.8, 4) is 5.75 Å². The highest BCUT2D eigenvalue weighted by Crippen LogP contribution is 2.29. The lowest BCUT2D eigenvalue weighted by Gasteiger charge is -2.38. The minimum Gasteiger partial charge on any atom is -0.489 e. The van der Waals surface area contributed by atoms with E-state index in [4.69, 9.17) is 4.74 Å². The molecule has 2 aliphatic heterocycles. The van der Waals surface area contributed by atoms with Crippen molar-refractivity contribution >= 4 is 33.4 Å². The van der Waals surface area contributed by atoms with E-state index in [1.165, 1.54) is 4.70 Å². The van der Waals surface area contributed by atoms with Crippen molar-refractivity contribution in [2.24, 2.45) is 0 Å². The first-order valence-electron chi connectivity index (χ1n) is 12.4. The lowest BCUT2D eigenvalue weighted by molar-refractivity contribution is -0.133. The molecule has 1 N–H and O–H groups in total. The molecule has 2 atom stereocenters. The number of nitrogens with one attached hydrogen (secondary N) is 1. The summed E-state index contributed by atoms with van der Waals surface area (Å²) >= 11 is 1.67. The van der Waals surface area contributed by atoms with E-state index in [1.54, 1.807) is 18.4 Å². The van der Waals surface area contributed by atoms with Crippen LogP contribution < -0.4 is 10.1 Å². The number of aromatic nitrogens is 1. The molecule has 0 unspecified atom stereocenters. The molecule has 2 saturated heterocycles. The number of benzene rings is 2. The summed E-state index contributed by atoms with van der Waals surface area (Å²) in [6, 6.07) is 18.0. The average molecular weight is 493 g/mol. The predicted molar refractivity (Wildman–Crippen MR) is 138 cm³/mol. The van der Waals surface area contributed by atoms with E-state index in [2.05, 4.69) is 21.3 Å². The third-order valence-corrected chi connectivity index (χ3v) is 8.17. The summed E-state index contributed by atoms with van der Waals surface area (Å²) in [6.07, 6.45) is 3.57. The molecule has 0 radical (unpaired) electrons. The first-order valence-corrected chi connectivity index (χ1v) is 13.2. The number of ether oxygens (including phenoxy) is 1. The number of carbonyl (C=O) groups excluding carboxylic acids is 2. The summed E-state index contributed by atoms with van der Waals surface area (Å²) in [6.45, 7) is 2.18. The normalized spacial score (nSPS) is 21.3. The number of carbonyl (C=O) groups is 2. The van der Waals surface area contributed by atoms with Gasteiger partial charge in [-0.1, -0.05) is 30.3 Å². The Labute approximate surface area is 210 Å². The Hall–Kier alpha value is -2.97. The fourth-order valence-corrected chi connectivity index (χ4v) is 6.24. The molecule has 2 amide bonds. The summed E-state index contributed by atoms with van der Waals surface area (Å²) in [4.78, 5) is 34.5. The lowest BCUT2D eigenvalue weighted by Crippen LogP contribution is -2.51. The summed E-state index contributed by atoms with van der Waals surface area (Å²) in [7, 11) is 1.69. The van der Waals surface area contributed by atoms with Gasteiger partial charge in [-0.15, -0.1) is 11.3 Å². The number of likely N-dealkylation sites (N-methyl/N-ethyl adjacent to an activating group) is 1. The quantitative estimate of drug-likeness (QED) is 0.547. The minimum absolute atomic E-state index is 0.0202. The van der Waals surface area contributed by atoms with Crippen molar-refractivity contribution < 1.29 is 14.3 Å². The second-order valence-corrected chi connectivity index (χ2v) is 10.4. The van der Waals surface area contributed by atoms with Crippen LogP contribution in [0.25, 0.3) is 10.2 Å². The highest BCUT2D eigenvalue weighted by molar-refractivity contribution is 7.18. The van der Waals surface area contributed by atoms with Crippen LogP contribution in [0.5, 0.6) is 5.75 Å². The molecule has 5 rings (SSSR count). The molecule has 2 fully saturated rings. The number of piperidine rings is 1. The van der Waals surface area contributed by atoms with Gasteiger partial charge in [0.2, 0.25) is 11.8 Å². The zero-order valence-corrected chi connectivity index (χ0v) is 20.9. The fraction of sp³-hybridized carbons (Fsp3) is 0.444. The molecule has 35 heavy (non-hydrogen) atoms. The maximum atomic E-state index is 12.9. The third-order valence-electron chi connectivity index (χ3n) is 7.07. The van der Waals surface area contributed by atoms with Gasteiger partial charge < -0.3 is 15.0 Å². The molecule has 1 aromatic heterocycles. The molecule has 3 aromatic rings. The molecule has 184 valence electrons. The number of thiazole rings is 1. The predicted octanol–water partition coefficient (Wildman–Crippen LogP) is 3.49. The number of hydrogen-bond donors (Lipinski definition) is 1. The van der Waals surface area contributed by atoms with Gasteiger partial charge in [-0.2, -0.15) is 0 Å². The van der Waals surface area contributed by atoms with Gasteiger partial charge in [0.15, 0.2) is 0 Å². The van der Waals surface area contributed by atoms with E-state index < -0.39 is 0 Å². The Balaban J connectivity index is 1.15. The smallest absolute Gasteiger partial charge is 0.237 e. The van der Waals surface area contributed by atoms with Crippen LogP contribution in [0.1, 0.15) is 30.7 Å². The second kappa shape index (κ2) is 10.7. The summed E-state index contributed by atoms with van der Waals surface area (Å²) in [5.74, 6) is 1.07. The minimum atomic E-state index is -0.194. The highest BCUT2D eigenvalue weighted by atomic mass is 32.1. The van der Waals surface area contributed by atoms with Crippen LogP contribution in [0.15, 0.2) is 54.6 Å². The van der Waals surface area contributed by atoms with Crippen LogP contribution >= 0.6 is 11.3 Å². The molecule has 7 nitrogen and oxygen atoms in total. The molecule has 2 aliphatic rings. The van der Waals surface area contributed by atoms with Gasteiger partial charge in [0.25, 0.3) is 0 Å². The average Bonchev–Trinajstić information content (AvgIpc) is 3.51. The second-order valence-electron chi connectivity index (χ2n) is 9.30. The Morgan fingerprint density at radius 2 is 1.83 bits per heavy atom. The number of aryl methyl sites for hydroxylation is 1. The van der Waals surface area contributed by atoms with Gasteiger partial charge >= 0.3 is 0 Å². The van der Waals surface area contributed by atoms with Gasteiger partial charge in [-0.25, -0.2) is 4.98 Å². The molecule has 8 heteroatoms. The van der Waals surface area contributed by atoms with Gasteiger partial charge in [-0.3, -0.25) is 14.5 Å². The number of hydrogen-bond acceptors (Lipinski definition) is 6. The Morgan fingerprint density at radius 3 is 2.57 bits per heavy atom. The van der Waals surface area contributed by atoms with E-state index in [1.807, 2.05) is 53.4 Å². The van der Waals surface area contributed by atoms with Crippen molar-refractivity contribution in [3.63, 3.8) is 0 Å². The number of amides is 2.